The first kappa shape index (κ1) is 13.9. The fraction of sp³-hybridized carbons (Fsp3) is 0.0714. The largest absolute Gasteiger partial charge is 0.268 e. The van der Waals surface area contributed by atoms with Gasteiger partial charge < -0.3 is 0 Å². The van der Waals surface area contributed by atoms with E-state index in [2.05, 4.69) is 9.97 Å². The number of hydrogen-bond acceptors (Lipinski definition) is 3. The lowest BCUT2D eigenvalue weighted by Gasteiger charge is -2.08. The van der Waals surface area contributed by atoms with E-state index in [4.69, 9.17) is 23.2 Å². The molecule has 2 heterocycles. The molecule has 0 atom stereocenters. The van der Waals surface area contributed by atoms with Gasteiger partial charge in [-0.2, -0.15) is 0 Å². The molecule has 1 aromatic carbocycles. The topological polar surface area (TPSA) is 52.7 Å². The zero-order chi connectivity index (χ0) is 15.0. The van der Waals surface area contributed by atoms with Crippen LogP contribution in [0, 0.1) is 0 Å². The quantitative estimate of drug-likeness (QED) is 0.729. The minimum absolute atomic E-state index is 0.107. The van der Waals surface area contributed by atoms with Crippen LogP contribution in [0.1, 0.15) is 0 Å². The minimum Gasteiger partial charge on any atom is -0.268 e. The van der Waals surface area contributed by atoms with Crippen LogP contribution in [0.25, 0.3) is 17.1 Å². The zero-order valence-corrected chi connectivity index (χ0v) is 12.5. The van der Waals surface area contributed by atoms with E-state index in [1.165, 1.54) is 17.1 Å². The second-order valence-corrected chi connectivity index (χ2v) is 5.23. The standard InChI is InChI=1S/C14H10Cl2N4O/c1-19-14(21)4-5-20(19)13-7-12(17-8-18-13)9-2-3-10(15)11(16)6-9/h2-8H,1H3. The van der Waals surface area contributed by atoms with E-state index in [9.17, 15) is 4.79 Å². The summed E-state index contributed by atoms with van der Waals surface area (Å²) in [5.41, 5.74) is 1.41. The van der Waals surface area contributed by atoms with Crippen molar-refractivity contribution in [2.75, 3.05) is 0 Å². The molecule has 5 nitrogen and oxygen atoms in total. The fourth-order valence-electron chi connectivity index (χ4n) is 1.96. The molecule has 0 aliphatic heterocycles. The molecule has 0 aliphatic carbocycles. The van der Waals surface area contributed by atoms with Crippen LogP contribution in [0.3, 0.4) is 0 Å². The molecule has 0 spiro atoms. The molecule has 0 fully saturated rings. The maximum Gasteiger partial charge on any atom is 0.266 e. The molecular weight excluding hydrogens is 311 g/mol. The molecule has 106 valence electrons. The van der Waals surface area contributed by atoms with Crippen molar-refractivity contribution in [2.45, 2.75) is 0 Å². The Morgan fingerprint density at radius 1 is 1.05 bits per heavy atom. The lowest BCUT2D eigenvalue weighted by molar-refractivity contribution is 0.629. The molecule has 3 aromatic rings. The summed E-state index contributed by atoms with van der Waals surface area (Å²) < 4.78 is 3.10. The van der Waals surface area contributed by atoms with E-state index < -0.39 is 0 Å². The average molecular weight is 321 g/mol. The van der Waals surface area contributed by atoms with Crippen molar-refractivity contribution in [2.24, 2.45) is 7.05 Å². The molecule has 0 amide bonds. The van der Waals surface area contributed by atoms with Crippen molar-refractivity contribution in [3.8, 4) is 17.1 Å². The van der Waals surface area contributed by atoms with Gasteiger partial charge >= 0.3 is 0 Å². The van der Waals surface area contributed by atoms with Crippen LogP contribution in [0.5, 0.6) is 0 Å². The van der Waals surface area contributed by atoms with Crippen molar-refractivity contribution >= 4 is 23.2 Å². The number of rotatable bonds is 2. The van der Waals surface area contributed by atoms with E-state index in [1.807, 2.05) is 6.07 Å². The first-order valence-corrected chi connectivity index (χ1v) is 6.84. The Bertz CT molecular complexity index is 869. The molecule has 0 saturated carbocycles. The maximum atomic E-state index is 11.5. The maximum absolute atomic E-state index is 11.5. The minimum atomic E-state index is -0.107. The Balaban J connectivity index is 2.10. The summed E-state index contributed by atoms with van der Waals surface area (Å²) in [6.45, 7) is 0. The van der Waals surface area contributed by atoms with Crippen LogP contribution in [-0.2, 0) is 7.05 Å². The van der Waals surface area contributed by atoms with Gasteiger partial charge in [-0.25, -0.2) is 19.3 Å². The van der Waals surface area contributed by atoms with Crippen molar-refractivity contribution in [1.29, 1.82) is 0 Å². The highest BCUT2D eigenvalue weighted by Crippen LogP contribution is 2.27. The molecular formula is C14H10Cl2N4O. The molecule has 0 N–H and O–H groups in total. The smallest absolute Gasteiger partial charge is 0.266 e. The van der Waals surface area contributed by atoms with Gasteiger partial charge in [-0.1, -0.05) is 29.3 Å². The van der Waals surface area contributed by atoms with Crippen molar-refractivity contribution in [3.63, 3.8) is 0 Å². The van der Waals surface area contributed by atoms with Gasteiger partial charge in [0, 0.05) is 30.9 Å². The van der Waals surface area contributed by atoms with Gasteiger partial charge in [0.2, 0.25) is 0 Å². The summed E-state index contributed by atoms with van der Waals surface area (Å²) in [5, 5.41) is 0.949. The van der Waals surface area contributed by atoms with Gasteiger partial charge in [-0.3, -0.25) is 4.79 Å². The summed E-state index contributed by atoms with van der Waals surface area (Å²) >= 11 is 11.9. The summed E-state index contributed by atoms with van der Waals surface area (Å²) in [6, 6.07) is 8.53. The summed E-state index contributed by atoms with van der Waals surface area (Å²) in [4.78, 5) is 19.9. The zero-order valence-electron chi connectivity index (χ0n) is 11.0. The summed E-state index contributed by atoms with van der Waals surface area (Å²) in [5.74, 6) is 0.593. The number of halogens is 2. The molecule has 2 aromatic heterocycles. The van der Waals surface area contributed by atoms with Gasteiger partial charge in [-0.15, -0.1) is 0 Å². The van der Waals surface area contributed by atoms with Crippen molar-refractivity contribution in [3.05, 3.63) is 63.3 Å². The van der Waals surface area contributed by atoms with Crippen LogP contribution in [-0.4, -0.2) is 19.3 Å². The molecule has 0 saturated heterocycles. The van der Waals surface area contributed by atoms with Gasteiger partial charge in [0.25, 0.3) is 5.56 Å². The number of benzene rings is 1. The number of hydrogen-bond donors (Lipinski definition) is 0. The predicted molar refractivity (Wildman–Crippen MR) is 82.1 cm³/mol. The van der Waals surface area contributed by atoms with E-state index in [0.29, 0.717) is 21.6 Å². The highest BCUT2D eigenvalue weighted by molar-refractivity contribution is 6.42. The first-order chi connectivity index (χ1) is 10.1. The molecule has 7 heteroatoms. The second kappa shape index (κ2) is 5.35. The van der Waals surface area contributed by atoms with Gasteiger partial charge in [0.1, 0.15) is 6.33 Å². The average Bonchev–Trinajstić information content (AvgIpc) is 2.82. The van der Waals surface area contributed by atoms with Gasteiger partial charge in [-0.05, 0) is 12.1 Å². The lowest BCUT2D eigenvalue weighted by Crippen LogP contribution is -2.18. The molecule has 0 aliphatic rings. The van der Waals surface area contributed by atoms with Crippen LogP contribution in [0.4, 0.5) is 0 Å². The lowest BCUT2D eigenvalue weighted by atomic mass is 10.1. The summed E-state index contributed by atoms with van der Waals surface area (Å²) in [7, 11) is 1.67. The Hall–Kier alpha value is -2.11. The number of nitrogens with zero attached hydrogens (tertiary/aromatic N) is 4. The van der Waals surface area contributed by atoms with Crippen LogP contribution < -0.4 is 5.56 Å². The van der Waals surface area contributed by atoms with Crippen LogP contribution in [0.2, 0.25) is 10.0 Å². The third kappa shape index (κ3) is 2.57. The van der Waals surface area contributed by atoms with E-state index in [0.717, 1.165) is 5.56 Å². The molecule has 21 heavy (non-hydrogen) atoms. The monoisotopic (exact) mass is 320 g/mol. The predicted octanol–water partition coefficient (Wildman–Crippen LogP) is 2.94. The van der Waals surface area contributed by atoms with Crippen LogP contribution >= 0.6 is 23.2 Å². The molecule has 0 radical (unpaired) electrons. The molecule has 0 bridgehead atoms. The van der Waals surface area contributed by atoms with E-state index in [-0.39, 0.29) is 5.56 Å². The highest BCUT2D eigenvalue weighted by atomic mass is 35.5. The van der Waals surface area contributed by atoms with Crippen molar-refractivity contribution < 1.29 is 0 Å². The number of aromatic nitrogens is 4. The fourth-order valence-corrected chi connectivity index (χ4v) is 2.26. The van der Waals surface area contributed by atoms with E-state index in [1.54, 1.807) is 36.1 Å². The van der Waals surface area contributed by atoms with Crippen molar-refractivity contribution in [1.82, 2.24) is 19.3 Å². The third-order valence-corrected chi connectivity index (χ3v) is 3.84. The van der Waals surface area contributed by atoms with E-state index >= 15 is 0 Å². The second-order valence-electron chi connectivity index (χ2n) is 4.41. The third-order valence-electron chi connectivity index (χ3n) is 3.10. The Morgan fingerprint density at radius 2 is 1.86 bits per heavy atom. The SMILES string of the molecule is Cn1c(=O)ccn1-c1cc(-c2ccc(Cl)c(Cl)c2)ncn1. The van der Waals surface area contributed by atoms with Gasteiger partial charge in [0.15, 0.2) is 5.82 Å². The van der Waals surface area contributed by atoms with Crippen LogP contribution in [0.15, 0.2) is 47.7 Å². The summed E-state index contributed by atoms with van der Waals surface area (Å²) in [6.07, 6.45) is 3.10. The van der Waals surface area contributed by atoms with Gasteiger partial charge in [0.05, 0.1) is 15.7 Å². The Labute approximate surface area is 130 Å². The molecule has 3 rings (SSSR count). The Kier molecular flexibility index (Phi) is 3.53. The normalized spacial score (nSPS) is 10.8. The Morgan fingerprint density at radius 3 is 2.52 bits per heavy atom. The molecule has 0 unspecified atom stereocenters. The highest BCUT2D eigenvalue weighted by Gasteiger charge is 2.08. The first-order valence-electron chi connectivity index (χ1n) is 6.09.